The molecule has 0 aliphatic rings. The maximum absolute atomic E-state index is 9.59. The van der Waals surface area contributed by atoms with E-state index in [4.69, 9.17) is 4.74 Å². The summed E-state index contributed by atoms with van der Waals surface area (Å²) >= 11 is 0. The van der Waals surface area contributed by atoms with Gasteiger partial charge in [-0.2, -0.15) is 0 Å². The Bertz CT molecular complexity index is 867. The number of benzene rings is 2. The molecule has 1 heterocycles. The smallest absolute Gasteiger partial charge is 0.161 e. The number of rotatable bonds is 5. The highest BCUT2D eigenvalue weighted by Crippen LogP contribution is 2.26. The van der Waals surface area contributed by atoms with Crippen LogP contribution in [0.3, 0.4) is 0 Å². The fourth-order valence-electron chi connectivity index (χ4n) is 2.15. The summed E-state index contributed by atoms with van der Waals surface area (Å²) in [5.41, 5.74) is 2.77. The average molecular weight is 319 g/mol. The van der Waals surface area contributed by atoms with Gasteiger partial charge in [0, 0.05) is 6.20 Å². The Labute approximate surface area is 140 Å². The van der Waals surface area contributed by atoms with Gasteiger partial charge in [0.1, 0.15) is 5.69 Å². The van der Waals surface area contributed by atoms with Gasteiger partial charge in [-0.25, -0.2) is 4.68 Å². The molecule has 3 rings (SSSR count). The van der Waals surface area contributed by atoms with Gasteiger partial charge in [-0.3, -0.25) is 0 Å². The highest BCUT2D eigenvalue weighted by atomic mass is 16.5. The largest absolute Gasteiger partial charge is 0.504 e. The molecule has 0 aliphatic carbocycles. The number of aromatic nitrogens is 3. The van der Waals surface area contributed by atoms with Gasteiger partial charge in [0.05, 0.1) is 13.3 Å². The number of hydrogen-bond acceptors (Lipinski definition) is 4. The van der Waals surface area contributed by atoms with E-state index in [1.54, 1.807) is 29.1 Å². The quantitative estimate of drug-likeness (QED) is 0.777. The molecule has 1 N–H and O–H groups in total. The van der Waals surface area contributed by atoms with E-state index in [1.807, 2.05) is 54.8 Å². The van der Waals surface area contributed by atoms with Gasteiger partial charge in [-0.1, -0.05) is 47.7 Å². The van der Waals surface area contributed by atoms with Crippen LogP contribution >= 0.6 is 0 Å². The average Bonchev–Trinajstić information content (AvgIpc) is 3.08. The van der Waals surface area contributed by atoms with E-state index < -0.39 is 0 Å². The number of phenolic OH excluding ortho intramolecular Hbond substituents is 1. The van der Waals surface area contributed by atoms with Crippen molar-refractivity contribution in [1.82, 2.24) is 15.0 Å². The Kier molecular flexibility index (Phi) is 4.72. The lowest BCUT2D eigenvalue weighted by molar-refractivity contribution is 0.373. The molecule has 24 heavy (non-hydrogen) atoms. The van der Waals surface area contributed by atoms with Crippen molar-refractivity contribution in [3.63, 3.8) is 0 Å². The molecule has 0 atom stereocenters. The molecule has 0 saturated heterocycles. The Morgan fingerprint density at radius 2 is 1.83 bits per heavy atom. The Balaban J connectivity index is 1.71. The van der Waals surface area contributed by atoms with Crippen molar-refractivity contribution in [1.29, 1.82) is 0 Å². The van der Waals surface area contributed by atoms with Crippen molar-refractivity contribution in [2.45, 2.75) is 0 Å². The van der Waals surface area contributed by atoms with Crippen LogP contribution in [0.4, 0.5) is 0 Å². The molecule has 2 aromatic carbocycles. The highest BCUT2D eigenvalue weighted by molar-refractivity contribution is 5.68. The Morgan fingerprint density at radius 3 is 2.62 bits per heavy atom. The van der Waals surface area contributed by atoms with Crippen LogP contribution in [0.15, 0.2) is 54.7 Å². The second-order valence-electron chi connectivity index (χ2n) is 5.11. The topological polar surface area (TPSA) is 60.2 Å². The number of nitrogens with zero attached hydrogens (tertiary/aromatic N) is 3. The van der Waals surface area contributed by atoms with Crippen LogP contribution < -0.4 is 4.74 Å². The Hall–Kier alpha value is -3.34. The van der Waals surface area contributed by atoms with Gasteiger partial charge in [0.15, 0.2) is 11.5 Å². The predicted octanol–water partition coefficient (Wildman–Crippen LogP) is 3.79. The maximum atomic E-state index is 9.59. The van der Waals surface area contributed by atoms with Crippen molar-refractivity contribution in [2.24, 2.45) is 0 Å². The standard InChI is InChI=1S/C19H17N3O2/c1-24-19-13-16(8-10-18(19)23)11-12-22-14-17(20-21-22)9-7-15-5-3-2-4-6-15/h2-14,23H,1H3/b9-7+,12-11+. The van der Waals surface area contributed by atoms with Crippen molar-refractivity contribution in [2.75, 3.05) is 7.11 Å². The summed E-state index contributed by atoms with van der Waals surface area (Å²) in [5, 5.41) is 17.7. The van der Waals surface area contributed by atoms with Gasteiger partial charge in [-0.15, -0.1) is 5.10 Å². The van der Waals surface area contributed by atoms with Crippen molar-refractivity contribution >= 4 is 24.4 Å². The molecule has 0 radical (unpaired) electrons. The van der Waals surface area contributed by atoms with E-state index in [2.05, 4.69) is 10.3 Å². The third kappa shape index (κ3) is 3.89. The summed E-state index contributed by atoms with van der Waals surface area (Å²) in [6, 6.07) is 15.2. The lowest BCUT2D eigenvalue weighted by Gasteiger charge is -2.03. The summed E-state index contributed by atoms with van der Waals surface area (Å²) < 4.78 is 6.72. The van der Waals surface area contributed by atoms with Crippen LogP contribution in [0.25, 0.3) is 24.4 Å². The normalized spacial score (nSPS) is 11.4. The van der Waals surface area contributed by atoms with Crippen LogP contribution in [-0.4, -0.2) is 27.2 Å². The van der Waals surface area contributed by atoms with E-state index in [9.17, 15) is 5.11 Å². The van der Waals surface area contributed by atoms with Crippen LogP contribution in [0.1, 0.15) is 16.8 Å². The van der Waals surface area contributed by atoms with Crippen LogP contribution in [-0.2, 0) is 0 Å². The third-order valence-corrected chi connectivity index (χ3v) is 3.40. The molecule has 0 bridgehead atoms. The lowest BCUT2D eigenvalue weighted by atomic mass is 10.2. The molecular formula is C19H17N3O2. The second-order valence-corrected chi connectivity index (χ2v) is 5.11. The molecule has 0 spiro atoms. The first-order valence-electron chi connectivity index (χ1n) is 7.45. The molecule has 0 aliphatic heterocycles. The predicted molar refractivity (Wildman–Crippen MR) is 95.3 cm³/mol. The summed E-state index contributed by atoms with van der Waals surface area (Å²) in [4.78, 5) is 0. The monoisotopic (exact) mass is 319 g/mol. The van der Waals surface area contributed by atoms with Crippen LogP contribution in [0, 0.1) is 0 Å². The molecule has 120 valence electrons. The minimum Gasteiger partial charge on any atom is -0.504 e. The molecule has 5 nitrogen and oxygen atoms in total. The maximum Gasteiger partial charge on any atom is 0.161 e. The van der Waals surface area contributed by atoms with E-state index in [0.717, 1.165) is 16.8 Å². The second kappa shape index (κ2) is 7.28. The van der Waals surface area contributed by atoms with Crippen molar-refractivity contribution in [3.8, 4) is 11.5 Å². The molecule has 5 heteroatoms. The SMILES string of the molecule is COc1cc(/C=C/n2cc(/C=C/c3ccccc3)nn2)ccc1O. The fourth-order valence-corrected chi connectivity index (χ4v) is 2.15. The molecule has 0 unspecified atom stereocenters. The zero-order chi connectivity index (χ0) is 16.8. The zero-order valence-corrected chi connectivity index (χ0v) is 13.2. The van der Waals surface area contributed by atoms with Gasteiger partial charge >= 0.3 is 0 Å². The van der Waals surface area contributed by atoms with Crippen LogP contribution in [0.2, 0.25) is 0 Å². The Morgan fingerprint density at radius 1 is 1.00 bits per heavy atom. The molecule has 3 aromatic rings. The first-order chi connectivity index (χ1) is 11.7. The molecule has 0 fully saturated rings. The van der Waals surface area contributed by atoms with Crippen molar-refractivity contribution < 1.29 is 9.84 Å². The van der Waals surface area contributed by atoms with Gasteiger partial charge in [-0.05, 0) is 35.4 Å². The number of hydrogen-bond donors (Lipinski definition) is 1. The number of methoxy groups -OCH3 is 1. The number of aromatic hydroxyl groups is 1. The summed E-state index contributed by atoms with van der Waals surface area (Å²) in [6.45, 7) is 0. The summed E-state index contributed by atoms with van der Waals surface area (Å²) in [5.74, 6) is 0.547. The first-order valence-corrected chi connectivity index (χ1v) is 7.45. The van der Waals surface area contributed by atoms with E-state index >= 15 is 0 Å². The lowest BCUT2D eigenvalue weighted by Crippen LogP contribution is -1.87. The minimum atomic E-state index is 0.115. The molecule has 0 saturated carbocycles. The number of ether oxygens (including phenoxy) is 1. The zero-order valence-electron chi connectivity index (χ0n) is 13.2. The fraction of sp³-hybridized carbons (Fsp3) is 0.0526. The summed E-state index contributed by atoms with van der Waals surface area (Å²) in [6.07, 6.45) is 9.38. The van der Waals surface area contributed by atoms with Gasteiger partial charge in [0.2, 0.25) is 0 Å². The van der Waals surface area contributed by atoms with Crippen LogP contribution in [0.5, 0.6) is 11.5 Å². The molecular weight excluding hydrogens is 302 g/mol. The molecule has 0 amide bonds. The first kappa shape index (κ1) is 15.6. The van der Waals surface area contributed by atoms with E-state index in [0.29, 0.717) is 5.75 Å². The summed E-state index contributed by atoms with van der Waals surface area (Å²) in [7, 11) is 1.52. The molecule has 1 aromatic heterocycles. The number of phenols is 1. The highest BCUT2D eigenvalue weighted by Gasteiger charge is 2.00. The third-order valence-electron chi connectivity index (χ3n) is 3.40. The van der Waals surface area contributed by atoms with Crippen molar-refractivity contribution in [3.05, 3.63) is 71.5 Å². The van der Waals surface area contributed by atoms with E-state index in [1.165, 1.54) is 7.11 Å². The van der Waals surface area contributed by atoms with E-state index in [-0.39, 0.29) is 5.75 Å². The van der Waals surface area contributed by atoms with Gasteiger partial charge < -0.3 is 9.84 Å². The van der Waals surface area contributed by atoms with Gasteiger partial charge in [0.25, 0.3) is 0 Å². The minimum absolute atomic E-state index is 0.115.